The summed E-state index contributed by atoms with van der Waals surface area (Å²) >= 11 is 5.89. The normalized spacial score (nSPS) is 14.7. The molecule has 1 amide bonds. The molecule has 1 heterocycles. The highest BCUT2D eigenvalue weighted by atomic mass is 35.5. The molecule has 1 aliphatic rings. The molecule has 34 heavy (non-hydrogen) atoms. The summed E-state index contributed by atoms with van der Waals surface area (Å²) in [4.78, 5) is 12.6. The maximum Gasteiger partial charge on any atom is 0.271 e. The molecule has 1 aliphatic heterocycles. The fourth-order valence-corrected chi connectivity index (χ4v) is 4.84. The average Bonchev–Trinajstić information content (AvgIpc) is 2.86. The number of hydrogen-bond acceptors (Lipinski definition) is 6. The zero-order valence-electron chi connectivity index (χ0n) is 18.1. The van der Waals surface area contributed by atoms with Crippen molar-refractivity contribution in [1.29, 1.82) is 0 Å². The Morgan fingerprint density at radius 3 is 2.50 bits per heavy atom. The first-order valence-electron chi connectivity index (χ1n) is 10.5. The number of carbonyl (C=O) groups excluding carboxylic acids is 1. The molecule has 8 nitrogen and oxygen atoms in total. The predicted molar refractivity (Wildman–Crippen MR) is 129 cm³/mol. The first-order chi connectivity index (χ1) is 16.4. The van der Waals surface area contributed by atoms with Gasteiger partial charge in [-0.25, -0.2) is 13.8 Å². The van der Waals surface area contributed by atoms with Crippen molar-refractivity contribution < 1.29 is 22.7 Å². The highest BCUT2D eigenvalue weighted by Gasteiger charge is 2.26. The van der Waals surface area contributed by atoms with Gasteiger partial charge in [0.05, 0.1) is 24.3 Å². The van der Waals surface area contributed by atoms with Crippen LogP contribution in [0, 0.1) is 0 Å². The molecule has 0 aromatic heterocycles. The van der Waals surface area contributed by atoms with Crippen LogP contribution < -0.4 is 10.2 Å². The zero-order chi connectivity index (χ0) is 24.0. The van der Waals surface area contributed by atoms with Gasteiger partial charge in [0, 0.05) is 23.7 Å². The minimum atomic E-state index is -3.70. The maximum atomic E-state index is 12.8. The third kappa shape index (κ3) is 6.00. The summed E-state index contributed by atoms with van der Waals surface area (Å²) in [5.41, 5.74) is 3.32. The van der Waals surface area contributed by atoms with Crippen molar-refractivity contribution in [3.63, 3.8) is 0 Å². The number of hydrogen-bond donors (Lipinski definition) is 1. The van der Waals surface area contributed by atoms with Gasteiger partial charge in [0.25, 0.3) is 5.91 Å². The Morgan fingerprint density at radius 1 is 1.00 bits per heavy atom. The Hall–Kier alpha value is -3.24. The lowest BCUT2D eigenvalue weighted by molar-refractivity contribution is 0.0730. The molecule has 1 fully saturated rings. The summed E-state index contributed by atoms with van der Waals surface area (Å²) < 4.78 is 38.0. The van der Waals surface area contributed by atoms with Crippen molar-refractivity contribution >= 4 is 33.7 Å². The third-order valence-corrected chi connectivity index (χ3v) is 7.14. The quantitative estimate of drug-likeness (QED) is 0.392. The molecule has 0 radical (unpaired) electrons. The molecule has 0 atom stereocenters. The van der Waals surface area contributed by atoms with Gasteiger partial charge in [-0.05, 0) is 60.2 Å². The van der Waals surface area contributed by atoms with E-state index in [1.54, 1.807) is 48.5 Å². The highest BCUT2D eigenvalue weighted by molar-refractivity contribution is 7.89. The number of halogens is 1. The van der Waals surface area contributed by atoms with E-state index in [2.05, 4.69) is 10.5 Å². The Balaban J connectivity index is 1.40. The largest absolute Gasteiger partial charge is 0.457 e. The van der Waals surface area contributed by atoms with E-state index in [0.717, 1.165) is 0 Å². The molecule has 3 aromatic carbocycles. The van der Waals surface area contributed by atoms with Crippen LogP contribution in [-0.2, 0) is 14.8 Å². The monoisotopic (exact) mass is 499 g/mol. The molecule has 10 heteroatoms. The van der Waals surface area contributed by atoms with Crippen molar-refractivity contribution in [1.82, 2.24) is 9.73 Å². The number of nitrogens with zero attached hydrogens (tertiary/aromatic N) is 2. The number of rotatable bonds is 7. The van der Waals surface area contributed by atoms with Crippen LogP contribution in [0.25, 0.3) is 0 Å². The predicted octanol–water partition coefficient (Wildman–Crippen LogP) is 3.92. The number of nitrogens with one attached hydrogen (secondary N) is 1. The van der Waals surface area contributed by atoms with E-state index in [1.807, 2.05) is 0 Å². The Morgan fingerprint density at radius 2 is 1.74 bits per heavy atom. The van der Waals surface area contributed by atoms with E-state index in [1.165, 1.54) is 34.8 Å². The van der Waals surface area contributed by atoms with Gasteiger partial charge in [-0.3, -0.25) is 4.79 Å². The zero-order valence-corrected chi connectivity index (χ0v) is 19.6. The Bertz CT molecular complexity index is 1290. The molecule has 0 saturated carbocycles. The van der Waals surface area contributed by atoms with Gasteiger partial charge in [-0.15, -0.1) is 0 Å². The van der Waals surface area contributed by atoms with Crippen LogP contribution in [0.3, 0.4) is 0 Å². The summed E-state index contributed by atoms with van der Waals surface area (Å²) in [7, 11) is -3.70. The molecule has 0 aliphatic carbocycles. The van der Waals surface area contributed by atoms with Gasteiger partial charge in [0.2, 0.25) is 10.0 Å². The molecule has 0 bridgehead atoms. The van der Waals surface area contributed by atoms with Crippen LogP contribution in [-0.4, -0.2) is 51.1 Å². The summed E-state index contributed by atoms with van der Waals surface area (Å²) in [6, 6.07) is 20.0. The number of carbonyl (C=O) groups is 1. The molecule has 0 unspecified atom stereocenters. The number of benzene rings is 3. The van der Waals surface area contributed by atoms with Crippen molar-refractivity contribution in [3.05, 3.63) is 88.9 Å². The number of morpholine rings is 1. The van der Waals surface area contributed by atoms with Gasteiger partial charge >= 0.3 is 0 Å². The van der Waals surface area contributed by atoms with Gasteiger partial charge in [-0.1, -0.05) is 29.8 Å². The summed E-state index contributed by atoms with van der Waals surface area (Å²) in [6.07, 6.45) is 1.47. The molecule has 3 aromatic rings. The van der Waals surface area contributed by atoms with Gasteiger partial charge < -0.3 is 9.47 Å². The first-order valence-corrected chi connectivity index (χ1v) is 12.3. The molecule has 0 spiro atoms. The summed E-state index contributed by atoms with van der Waals surface area (Å²) in [5.74, 6) is 0.709. The standard InChI is InChI=1S/C24H22ClN3O5S/c25-20-7-9-21(10-8-20)33-22-5-1-3-18(15-22)17-26-27-24(29)19-4-2-6-23(16-19)34(30,31)28-11-13-32-14-12-28/h1-10,15-17H,11-14H2,(H,27,29)/b26-17-. The molecule has 4 rings (SSSR count). The second-order valence-electron chi connectivity index (χ2n) is 7.37. The van der Waals surface area contributed by atoms with E-state index < -0.39 is 15.9 Å². The smallest absolute Gasteiger partial charge is 0.271 e. The van der Waals surface area contributed by atoms with Crippen molar-refractivity contribution in [2.75, 3.05) is 26.3 Å². The van der Waals surface area contributed by atoms with Crippen LogP contribution in [0.15, 0.2) is 82.8 Å². The van der Waals surface area contributed by atoms with E-state index in [9.17, 15) is 13.2 Å². The molecular weight excluding hydrogens is 478 g/mol. The number of sulfonamides is 1. The number of ether oxygens (including phenoxy) is 2. The Kier molecular flexibility index (Phi) is 7.59. The first kappa shape index (κ1) is 23.9. The minimum Gasteiger partial charge on any atom is -0.457 e. The van der Waals surface area contributed by atoms with Gasteiger partial charge in [0.1, 0.15) is 11.5 Å². The fourth-order valence-electron chi connectivity index (χ4n) is 3.26. The van der Waals surface area contributed by atoms with Crippen LogP contribution in [0.1, 0.15) is 15.9 Å². The average molecular weight is 500 g/mol. The minimum absolute atomic E-state index is 0.0538. The molecule has 1 saturated heterocycles. The van der Waals surface area contributed by atoms with Crippen molar-refractivity contribution in [2.24, 2.45) is 5.10 Å². The Labute approximate surface area is 202 Å². The van der Waals surface area contributed by atoms with E-state index in [-0.39, 0.29) is 23.5 Å². The third-order valence-electron chi connectivity index (χ3n) is 4.99. The maximum absolute atomic E-state index is 12.8. The summed E-state index contributed by atoms with van der Waals surface area (Å²) in [6.45, 7) is 1.26. The van der Waals surface area contributed by atoms with Crippen LogP contribution in [0.5, 0.6) is 11.5 Å². The highest BCUT2D eigenvalue weighted by Crippen LogP contribution is 2.23. The van der Waals surface area contributed by atoms with Crippen molar-refractivity contribution in [3.8, 4) is 11.5 Å². The van der Waals surface area contributed by atoms with Crippen molar-refractivity contribution in [2.45, 2.75) is 4.90 Å². The van der Waals surface area contributed by atoms with E-state index in [4.69, 9.17) is 21.1 Å². The lowest BCUT2D eigenvalue weighted by atomic mass is 10.2. The lowest BCUT2D eigenvalue weighted by Gasteiger charge is -2.26. The summed E-state index contributed by atoms with van der Waals surface area (Å²) in [5, 5.41) is 4.60. The SMILES string of the molecule is O=C(N/N=C\c1cccc(Oc2ccc(Cl)cc2)c1)c1cccc(S(=O)(=O)N2CCOCC2)c1. The second-order valence-corrected chi connectivity index (χ2v) is 9.75. The van der Waals surface area contributed by atoms with Crippen LogP contribution >= 0.6 is 11.6 Å². The van der Waals surface area contributed by atoms with Gasteiger partial charge in [-0.2, -0.15) is 9.41 Å². The van der Waals surface area contributed by atoms with Crippen LogP contribution in [0.4, 0.5) is 0 Å². The lowest BCUT2D eigenvalue weighted by Crippen LogP contribution is -2.40. The number of amides is 1. The second kappa shape index (κ2) is 10.8. The van der Waals surface area contributed by atoms with E-state index in [0.29, 0.717) is 35.3 Å². The van der Waals surface area contributed by atoms with E-state index >= 15 is 0 Å². The van der Waals surface area contributed by atoms with Crippen LogP contribution in [0.2, 0.25) is 5.02 Å². The number of hydrazone groups is 1. The topological polar surface area (TPSA) is 97.3 Å². The molecule has 176 valence electrons. The fraction of sp³-hybridized carbons (Fsp3) is 0.167. The molecular formula is C24H22ClN3O5S. The van der Waals surface area contributed by atoms with Gasteiger partial charge in [0.15, 0.2) is 0 Å². The molecule has 1 N–H and O–H groups in total.